The lowest BCUT2D eigenvalue weighted by atomic mass is 9.97. The molecule has 3 aromatic carbocycles. The van der Waals surface area contributed by atoms with E-state index in [4.69, 9.17) is 14.6 Å². The second-order valence-electron chi connectivity index (χ2n) is 9.16. The highest BCUT2D eigenvalue weighted by molar-refractivity contribution is 5.99. The van der Waals surface area contributed by atoms with Crippen LogP contribution in [0.25, 0.3) is 21.9 Å². The summed E-state index contributed by atoms with van der Waals surface area (Å²) in [6, 6.07) is 28.1. The molecule has 1 heterocycles. The molecule has 214 valence electrons. The van der Waals surface area contributed by atoms with E-state index in [1.165, 1.54) is 5.56 Å². The van der Waals surface area contributed by atoms with Crippen molar-refractivity contribution in [3.63, 3.8) is 0 Å². The fraction of sp³-hybridized carbons (Fsp3) is 0.258. The van der Waals surface area contributed by atoms with E-state index in [1.807, 2.05) is 42.5 Å². The number of carboxylic acid groups (broad SMARTS) is 1. The number of benzene rings is 3. The third-order valence-electron chi connectivity index (χ3n) is 6.40. The van der Waals surface area contributed by atoms with Crippen LogP contribution < -0.4 is 20.7 Å². The number of pyridine rings is 1. The van der Waals surface area contributed by atoms with Gasteiger partial charge in [-0.1, -0.05) is 60.7 Å². The molecule has 0 aliphatic rings. The van der Waals surface area contributed by atoms with E-state index in [0.29, 0.717) is 23.4 Å². The number of nitrogens with two attached hydrogens (primary N) is 1. The van der Waals surface area contributed by atoms with E-state index in [1.54, 1.807) is 23.8 Å². The SMILES string of the molecule is COc1ccc2c(=O)n(CC[NH2+]CCCCc3ccccc3)c(C#N)c(-c3ccccc3)c2c1.O=C([O-])C(F)(F)F. The Bertz CT molecular complexity index is 1550. The first-order valence-corrected chi connectivity index (χ1v) is 13.0. The van der Waals surface area contributed by atoms with E-state index in [-0.39, 0.29) is 5.56 Å². The molecule has 7 nitrogen and oxygen atoms in total. The van der Waals surface area contributed by atoms with E-state index in [2.05, 4.69) is 35.7 Å². The Hall–Kier alpha value is -4.62. The lowest BCUT2D eigenvalue weighted by molar-refractivity contribution is -0.656. The van der Waals surface area contributed by atoms with Gasteiger partial charge < -0.3 is 20.0 Å². The summed E-state index contributed by atoms with van der Waals surface area (Å²) in [4.78, 5) is 22.2. The first-order chi connectivity index (χ1) is 19.7. The van der Waals surface area contributed by atoms with Crippen molar-refractivity contribution in [2.24, 2.45) is 0 Å². The molecule has 0 unspecified atom stereocenters. The van der Waals surface area contributed by atoms with Crippen LogP contribution in [0.3, 0.4) is 0 Å². The first-order valence-electron chi connectivity index (χ1n) is 13.0. The number of aromatic nitrogens is 1. The molecule has 0 spiro atoms. The Balaban J connectivity index is 0.000000587. The molecule has 0 saturated carbocycles. The minimum Gasteiger partial charge on any atom is -0.542 e. The first kappa shape index (κ1) is 30.9. The second kappa shape index (κ2) is 14.7. The van der Waals surface area contributed by atoms with Gasteiger partial charge in [0.1, 0.15) is 23.5 Å². The van der Waals surface area contributed by atoms with Gasteiger partial charge in [-0.2, -0.15) is 18.4 Å². The Labute approximate surface area is 235 Å². The fourth-order valence-corrected chi connectivity index (χ4v) is 4.41. The number of aryl methyl sites for hydroxylation is 1. The maximum Gasteiger partial charge on any atom is 0.430 e. The van der Waals surface area contributed by atoms with Crippen LogP contribution in [0.2, 0.25) is 0 Å². The van der Waals surface area contributed by atoms with Crippen molar-refractivity contribution < 1.29 is 33.1 Å². The fourth-order valence-electron chi connectivity index (χ4n) is 4.41. The zero-order valence-electron chi connectivity index (χ0n) is 22.5. The number of nitrogens with zero attached hydrogens (tertiary/aromatic N) is 2. The van der Waals surface area contributed by atoms with Gasteiger partial charge in [0.05, 0.1) is 26.7 Å². The van der Waals surface area contributed by atoms with Crippen LogP contribution in [0, 0.1) is 11.3 Å². The van der Waals surface area contributed by atoms with Crippen LogP contribution >= 0.6 is 0 Å². The van der Waals surface area contributed by atoms with E-state index < -0.39 is 12.1 Å². The van der Waals surface area contributed by atoms with Crippen LogP contribution in [-0.2, 0) is 17.8 Å². The number of rotatable bonds is 10. The van der Waals surface area contributed by atoms with Crippen molar-refractivity contribution in [2.75, 3.05) is 20.2 Å². The van der Waals surface area contributed by atoms with Crippen LogP contribution in [0.5, 0.6) is 5.75 Å². The summed E-state index contributed by atoms with van der Waals surface area (Å²) >= 11 is 0. The highest BCUT2D eigenvalue weighted by Gasteiger charge is 2.28. The molecule has 0 saturated heterocycles. The Kier molecular flexibility index (Phi) is 11.1. The van der Waals surface area contributed by atoms with Crippen molar-refractivity contribution in [3.8, 4) is 22.9 Å². The summed E-state index contributed by atoms with van der Waals surface area (Å²) in [6.07, 6.45) is -1.86. The number of alkyl halides is 3. The van der Waals surface area contributed by atoms with Gasteiger partial charge in [-0.15, -0.1) is 0 Å². The molecule has 0 atom stereocenters. The maximum atomic E-state index is 13.4. The number of hydrogen-bond acceptors (Lipinski definition) is 5. The lowest BCUT2D eigenvalue weighted by Crippen LogP contribution is -2.85. The number of unbranched alkanes of at least 4 members (excludes halogenated alkanes) is 1. The van der Waals surface area contributed by atoms with Crippen LogP contribution in [-0.4, -0.2) is 36.9 Å². The van der Waals surface area contributed by atoms with Crippen LogP contribution in [0.15, 0.2) is 83.7 Å². The molecule has 4 aromatic rings. The Morgan fingerprint density at radius 3 is 2.20 bits per heavy atom. The molecule has 1 aromatic heterocycles. The molecule has 4 rings (SSSR count). The number of methoxy groups -OCH3 is 1. The highest BCUT2D eigenvalue weighted by Crippen LogP contribution is 2.32. The predicted molar refractivity (Wildman–Crippen MR) is 147 cm³/mol. The quantitative estimate of drug-likeness (QED) is 0.296. The number of quaternary nitrogens is 1. The van der Waals surface area contributed by atoms with Crippen molar-refractivity contribution in [2.45, 2.75) is 32.0 Å². The summed E-state index contributed by atoms with van der Waals surface area (Å²) < 4.78 is 38.6. The number of carboxylic acids is 1. The van der Waals surface area contributed by atoms with Gasteiger partial charge >= 0.3 is 6.18 Å². The molecule has 0 bridgehead atoms. The van der Waals surface area contributed by atoms with Gasteiger partial charge in [-0.25, -0.2) is 0 Å². The van der Waals surface area contributed by atoms with Gasteiger partial charge in [-0.3, -0.25) is 9.36 Å². The number of nitriles is 1. The summed E-state index contributed by atoms with van der Waals surface area (Å²) in [5.41, 5.74) is 3.32. The average Bonchev–Trinajstić information content (AvgIpc) is 2.97. The smallest absolute Gasteiger partial charge is 0.430 e. The third kappa shape index (κ3) is 8.43. The number of carbonyl (C=O) groups excluding carboxylic acids is 1. The monoisotopic (exact) mass is 565 g/mol. The number of aliphatic carboxylic acids is 1. The molecular weight excluding hydrogens is 535 g/mol. The van der Waals surface area contributed by atoms with Gasteiger partial charge in [0, 0.05) is 16.3 Å². The molecule has 0 amide bonds. The number of carbonyl (C=O) groups is 1. The molecular formula is C31H30F3N3O4. The molecule has 0 fully saturated rings. The molecule has 41 heavy (non-hydrogen) atoms. The van der Waals surface area contributed by atoms with Gasteiger partial charge in [0.25, 0.3) is 5.56 Å². The number of ether oxygens (including phenoxy) is 1. The molecule has 2 N–H and O–H groups in total. The van der Waals surface area contributed by atoms with Gasteiger partial charge in [0.2, 0.25) is 0 Å². The van der Waals surface area contributed by atoms with Crippen molar-refractivity contribution >= 4 is 16.7 Å². The van der Waals surface area contributed by atoms with Crippen LogP contribution in [0.1, 0.15) is 24.1 Å². The molecule has 0 aliphatic carbocycles. The van der Waals surface area contributed by atoms with Gasteiger partial charge in [0.15, 0.2) is 0 Å². The minimum absolute atomic E-state index is 0.133. The average molecular weight is 566 g/mol. The largest absolute Gasteiger partial charge is 0.542 e. The predicted octanol–water partition coefficient (Wildman–Crippen LogP) is 3.43. The highest BCUT2D eigenvalue weighted by atomic mass is 19.4. The van der Waals surface area contributed by atoms with E-state index in [0.717, 1.165) is 48.9 Å². The normalized spacial score (nSPS) is 10.9. The number of halogens is 3. The molecule has 0 aliphatic heterocycles. The van der Waals surface area contributed by atoms with E-state index in [9.17, 15) is 23.2 Å². The van der Waals surface area contributed by atoms with Crippen molar-refractivity contribution in [1.82, 2.24) is 4.57 Å². The lowest BCUT2D eigenvalue weighted by Gasteiger charge is -2.16. The third-order valence-corrected chi connectivity index (χ3v) is 6.40. The van der Waals surface area contributed by atoms with Crippen molar-refractivity contribution in [3.05, 3.63) is 100 Å². The summed E-state index contributed by atoms with van der Waals surface area (Å²) in [5.74, 6) is -2.35. The maximum absolute atomic E-state index is 13.4. The second-order valence-corrected chi connectivity index (χ2v) is 9.16. The molecule has 0 radical (unpaired) electrons. The summed E-state index contributed by atoms with van der Waals surface area (Å²) in [5, 5.41) is 22.5. The number of hydrogen-bond donors (Lipinski definition) is 1. The zero-order chi connectivity index (χ0) is 29.8. The van der Waals surface area contributed by atoms with E-state index >= 15 is 0 Å². The Morgan fingerprint density at radius 1 is 0.976 bits per heavy atom. The zero-order valence-corrected chi connectivity index (χ0v) is 22.5. The summed E-state index contributed by atoms with van der Waals surface area (Å²) in [6.45, 7) is 2.23. The topological polar surface area (TPSA) is 112 Å². The van der Waals surface area contributed by atoms with Gasteiger partial charge in [-0.05, 0) is 48.6 Å². The Morgan fingerprint density at radius 2 is 1.61 bits per heavy atom. The standard InChI is InChI=1S/C29H29N3O2.C2HF3O2/c1-34-24-15-16-25-26(20-24)28(23-13-6-3-7-14-23)27(21-30)32(29(25)33)19-18-31-17-9-8-12-22-10-4-2-5-11-22;3-2(4,5)1(6)7/h2-7,10-11,13-16,20,31H,8-9,12,17-19H2,1H3;(H,6,7). The van der Waals surface area contributed by atoms with Crippen LogP contribution in [0.4, 0.5) is 13.2 Å². The minimum atomic E-state index is -5.19. The van der Waals surface area contributed by atoms with Crippen molar-refractivity contribution in [1.29, 1.82) is 5.26 Å². The summed E-state index contributed by atoms with van der Waals surface area (Å²) in [7, 11) is 1.60. The molecule has 10 heteroatoms. The number of fused-ring (bicyclic) bond motifs is 1.